The minimum absolute atomic E-state index is 0.257. The first-order valence-electron chi connectivity index (χ1n) is 8.73. The van der Waals surface area contributed by atoms with Gasteiger partial charge in [0.1, 0.15) is 17.7 Å². The summed E-state index contributed by atoms with van der Waals surface area (Å²) in [5.74, 6) is -0.0562. The molecule has 3 aromatic rings. The summed E-state index contributed by atoms with van der Waals surface area (Å²) in [6, 6.07) is 4.49. The van der Waals surface area contributed by atoms with E-state index in [0.29, 0.717) is 35.8 Å². The van der Waals surface area contributed by atoms with E-state index in [9.17, 15) is 17.6 Å². The van der Waals surface area contributed by atoms with Crippen molar-refractivity contribution in [2.45, 2.75) is 32.5 Å². The van der Waals surface area contributed by atoms with Crippen molar-refractivity contribution >= 4 is 36.6 Å². The van der Waals surface area contributed by atoms with Gasteiger partial charge < -0.3 is 0 Å². The minimum atomic E-state index is -4.52. The maximum Gasteiger partial charge on any atom is 0.434 e. The van der Waals surface area contributed by atoms with Crippen LogP contribution in [0.15, 0.2) is 35.7 Å². The third-order valence-electron chi connectivity index (χ3n) is 4.27. The van der Waals surface area contributed by atoms with Gasteiger partial charge in [0, 0.05) is 32.8 Å². The molecule has 3 aromatic heterocycles. The van der Waals surface area contributed by atoms with Crippen LogP contribution in [0.1, 0.15) is 36.0 Å². The van der Waals surface area contributed by atoms with Gasteiger partial charge in [-0.05, 0) is 18.6 Å². The molecule has 0 radical (unpaired) electrons. The van der Waals surface area contributed by atoms with Crippen molar-refractivity contribution in [3.05, 3.63) is 59.3 Å². The highest BCUT2D eigenvalue weighted by Gasteiger charge is 2.34. The largest absolute Gasteiger partial charge is 0.434 e. The van der Waals surface area contributed by atoms with Gasteiger partial charge in [-0.25, -0.2) is 19.9 Å². The molecule has 4 rings (SSSR count). The van der Waals surface area contributed by atoms with E-state index in [-0.39, 0.29) is 5.65 Å². The highest BCUT2D eigenvalue weighted by Crippen LogP contribution is 2.30. The van der Waals surface area contributed by atoms with Crippen LogP contribution >= 0.6 is 21.0 Å². The van der Waals surface area contributed by atoms with Crippen molar-refractivity contribution in [2.24, 2.45) is 4.99 Å². The van der Waals surface area contributed by atoms with E-state index >= 15 is 0 Å². The lowest BCUT2D eigenvalue weighted by Crippen LogP contribution is -2.23. The molecule has 4 heterocycles. The minimum Gasteiger partial charge on any atom is -0.295 e. The second kappa shape index (κ2) is 7.76. The number of imidazole rings is 1. The van der Waals surface area contributed by atoms with Crippen LogP contribution in [0.2, 0.25) is 0 Å². The molecule has 11 heteroatoms. The zero-order chi connectivity index (χ0) is 20.6. The molecule has 0 saturated heterocycles. The van der Waals surface area contributed by atoms with E-state index in [0.717, 1.165) is 12.6 Å². The molecular weight excluding hydrogens is 503 g/mol. The first-order valence-corrected chi connectivity index (χ1v) is 10.9. The molecule has 29 heavy (non-hydrogen) atoms. The molecule has 0 aliphatic carbocycles. The topological polar surface area (TPSA) is 58.7 Å². The fraction of sp³-hybridized carbons (Fsp3) is 0.278. The van der Waals surface area contributed by atoms with Crippen molar-refractivity contribution in [2.75, 3.05) is 0 Å². The van der Waals surface area contributed by atoms with E-state index in [1.165, 1.54) is 16.8 Å². The standard InChI is InChI=1S/C18H15F4IN6/c1-2-4-11-13(25-10-28-8-14(18(20,21)22)27-16(11)28)7-29-17(24-9-23-29)12-5-3-6-15(19)26-12/h3,5-6,8-10H,2,4,7H2,1H3. The van der Waals surface area contributed by atoms with Gasteiger partial charge in [0.2, 0.25) is 5.95 Å². The number of aryl methyl sites for hydroxylation is 1. The Morgan fingerprint density at radius 2 is 2.00 bits per heavy atom. The third-order valence-corrected chi connectivity index (χ3v) is 6.27. The Morgan fingerprint density at radius 1 is 1.17 bits per heavy atom. The second-order valence-electron chi connectivity index (χ2n) is 6.29. The molecule has 1 aliphatic rings. The molecule has 6 nitrogen and oxygen atoms in total. The molecule has 0 atom stereocenters. The van der Waals surface area contributed by atoms with Crippen molar-refractivity contribution in [1.82, 2.24) is 22.5 Å². The summed E-state index contributed by atoms with van der Waals surface area (Å²) in [6.07, 6.45) is -0.946. The number of amidine groups is 1. The number of rotatable bonds is 5. The smallest absolute Gasteiger partial charge is 0.295 e. The number of nitrogens with zero attached hydrogens (tertiary/aromatic N) is 6. The molecule has 0 unspecified atom stereocenters. The molecule has 0 fully saturated rings. The molecular formula is C18H15F4IN6. The molecule has 0 aromatic carbocycles. The summed E-state index contributed by atoms with van der Waals surface area (Å²) in [6.45, 7) is 2.29. The zero-order valence-corrected chi connectivity index (χ0v) is 17.3. The highest BCUT2D eigenvalue weighted by atomic mass is 127. The Balaban J connectivity index is 1.71. The van der Waals surface area contributed by atoms with Crippen LogP contribution < -0.4 is 0 Å². The summed E-state index contributed by atoms with van der Waals surface area (Å²) in [5.41, 5.74) is 1.04. The number of hydrogen-bond acceptors (Lipinski definition) is 5. The third kappa shape index (κ3) is 4.00. The number of hydrogen-bond donors (Lipinski definition) is 0. The zero-order valence-electron chi connectivity index (χ0n) is 15.2. The van der Waals surface area contributed by atoms with Crippen LogP contribution in [0.3, 0.4) is 0 Å². The lowest BCUT2D eigenvalue weighted by molar-refractivity contribution is -0.140. The van der Waals surface area contributed by atoms with Gasteiger partial charge in [0.25, 0.3) is 0 Å². The number of alkyl halides is 3. The van der Waals surface area contributed by atoms with Gasteiger partial charge in [0.15, 0.2) is 11.5 Å². The quantitative estimate of drug-likeness (QED) is 0.221. The summed E-state index contributed by atoms with van der Waals surface area (Å²) < 4.78 is 57.8. The van der Waals surface area contributed by atoms with E-state index < -0.39 is 38.8 Å². The molecule has 0 saturated carbocycles. The molecule has 0 N–H and O–H groups in total. The molecule has 1 aliphatic heterocycles. The van der Waals surface area contributed by atoms with Gasteiger partial charge in [-0.2, -0.15) is 17.6 Å². The van der Waals surface area contributed by atoms with Gasteiger partial charge in [-0.3, -0.25) is 7.51 Å². The summed E-state index contributed by atoms with van der Waals surface area (Å²) in [5, 5.41) is 0. The van der Waals surface area contributed by atoms with E-state index in [1.54, 1.807) is 16.3 Å². The average Bonchev–Trinajstić information content (AvgIpc) is 3.30. The Hall–Kier alpha value is -2.44. The SMILES string of the molecule is CCCc1c(CN2I=CN=C2c2cccc(F)n2)ncn2cc(C(F)(F)F)nc12. The number of aromatic nitrogens is 4. The van der Waals surface area contributed by atoms with Gasteiger partial charge in [0.05, 0.1) is 16.4 Å². The van der Waals surface area contributed by atoms with Crippen LogP contribution in [-0.4, -0.2) is 32.4 Å². The Kier molecular flexibility index (Phi) is 5.32. The lowest BCUT2D eigenvalue weighted by Gasteiger charge is -2.18. The summed E-state index contributed by atoms with van der Waals surface area (Å²) >= 11 is -0.611. The molecule has 0 spiro atoms. The first kappa shape index (κ1) is 19.9. The fourth-order valence-corrected chi connectivity index (χ4v) is 4.86. The number of fused-ring (bicyclic) bond motifs is 1. The first-order chi connectivity index (χ1) is 13.9. The monoisotopic (exact) mass is 518 g/mol. The number of pyridine rings is 1. The summed E-state index contributed by atoms with van der Waals surface area (Å²) in [4.78, 5) is 16.4. The van der Waals surface area contributed by atoms with E-state index in [4.69, 9.17) is 0 Å². The van der Waals surface area contributed by atoms with Crippen molar-refractivity contribution in [3.8, 4) is 0 Å². The van der Waals surface area contributed by atoms with Crippen LogP contribution in [0.5, 0.6) is 0 Å². The van der Waals surface area contributed by atoms with Crippen molar-refractivity contribution in [3.63, 3.8) is 0 Å². The maximum atomic E-state index is 13.5. The Labute approximate surface area is 173 Å². The van der Waals surface area contributed by atoms with E-state index in [2.05, 4.69) is 19.9 Å². The molecule has 152 valence electrons. The number of halogens is 5. The van der Waals surface area contributed by atoms with Crippen LogP contribution in [0.25, 0.3) is 5.65 Å². The molecule has 0 bridgehead atoms. The van der Waals surface area contributed by atoms with Crippen molar-refractivity contribution in [1.29, 1.82) is 0 Å². The van der Waals surface area contributed by atoms with Gasteiger partial charge in [-0.1, -0.05) is 19.4 Å². The molecule has 0 amide bonds. The van der Waals surface area contributed by atoms with Crippen LogP contribution in [0.4, 0.5) is 17.6 Å². The Bertz CT molecular complexity index is 1120. The average molecular weight is 518 g/mol. The van der Waals surface area contributed by atoms with Crippen LogP contribution in [0, 0.1) is 5.95 Å². The highest BCUT2D eigenvalue weighted by molar-refractivity contribution is 14.2. The second-order valence-corrected chi connectivity index (χ2v) is 8.57. The van der Waals surface area contributed by atoms with Gasteiger partial charge in [-0.15, -0.1) is 0 Å². The Morgan fingerprint density at radius 3 is 2.72 bits per heavy atom. The maximum absolute atomic E-state index is 13.5. The van der Waals surface area contributed by atoms with Crippen molar-refractivity contribution < 1.29 is 17.6 Å². The summed E-state index contributed by atoms with van der Waals surface area (Å²) in [7, 11) is 0. The predicted octanol–water partition coefficient (Wildman–Crippen LogP) is 4.14. The normalized spacial score (nSPS) is 14.4. The van der Waals surface area contributed by atoms with Gasteiger partial charge >= 0.3 is 6.18 Å². The van der Waals surface area contributed by atoms with Crippen LogP contribution in [-0.2, 0) is 19.1 Å². The predicted molar refractivity (Wildman–Crippen MR) is 108 cm³/mol. The lowest BCUT2D eigenvalue weighted by atomic mass is 10.1. The van der Waals surface area contributed by atoms with E-state index in [1.807, 2.05) is 10.0 Å². The fourth-order valence-electron chi connectivity index (χ4n) is 3.02. The number of aliphatic imine (C=N–C) groups is 1.